The van der Waals surface area contributed by atoms with E-state index in [4.69, 9.17) is 0 Å². The van der Waals surface area contributed by atoms with Gasteiger partial charge in [-0.1, -0.05) is 117 Å². The minimum Gasteiger partial charge on any atom is -0.309 e. The molecule has 0 saturated carbocycles. The maximum atomic E-state index is 2.44. The molecule has 6 aromatic rings. The Morgan fingerprint density at radius 3 is 2.08 bits per heavy atom. The van der Waals surface area contributed by atoms with Gasteiger partial charge in [0.25, 0.3) is 0 Å². The topological polar surface area (TPSA) is 4.93 Å². The zero-order valence-electron chi connectivity index (χ0n) is 20.8. The highest BCUT2D eigenvalue weighted by Gasteiger charge is 2.16. The SMILES string of the molecule is CCCCCc1ccc(-c2cc(-n3c4ccccc4c[13c]3-c3ccccc3)c3ccccc3c2)cc1. The smallest absolute Gasteiger partial charge is 0.0546 e. The largest absolute Gasteiger partial charge is 0.309 e. The number of fused-ring (bicyclic) bond motifs is 2. The average Bonchev–Trinajstić information content (AvgIpc) is 3.33. The Hall–Kier alpha value is -4.10. The van der Waals surface area contributed by atoms with Gasteiger partial charge in [0.05, 0.1) is 16.9 Å². The van der Waals surface area contributed by atoms with Crippen LogP contribution in [0.1, 0.15) is 31.7 Å². The van der Waals surface area contributed by atoms with E-state index in [0.29, 0.717) is 0 Å². The van der Waals surface area contributed by atoms with Crippen LogP contribution in [-0.4, -0.2) is 4.57 Å². The first-order valence-corrected chi connectivity index (χ1v) is 13.1. The average molecular weight is 467 g/mol. The fourth-order valence-electron chi connectivity index (χ4n) is 5.32. The minimum absolute atomic E-state index is 1.16. The number of para-hydroxylation sites is 1. The first kappa shape index (κ1) is 22.4. The molecule has 0 bridgehead atoms. The van der Waals surface area contributed by atoms with E-state index in [2.05, 4.69) is 133 Å². The summed E-state index contributed by atoms with van der Waals surface area (Å²) in [4.78, 5) is 0. The first-order chi connectivity index (χ1) is 17.8. The van der Waals surface area contributed by atoms with E-state index in [-0.39, 0.29) is 0 Å². The molecule has 36 heavy (non-hydrogen) atoms. The third-order valence-corrected chi connectivity index (χ3v) is 7.22. The predicted octanol–water partition coefficient (Wildman–Crippen LogP) is 9.85. The normalized spacial score (nSPS) is 11.4. The first-order valence-electron chi connectivity index (χ1n) is 13.1. The van der Waals surface area contributed by atoms with Crippen molar-refractivity contribution < 1.29 is 0 Å². The van der Waals surface area contributed by atoms with Crippen LogP contribution in [0.15, 0.2) is 121 Å². The number of aromatic nitrogens is 1. The lowest BCUT2D eigenvalue weighted by Gasteiger charge is -2.16. The van der Waals surface area contributed by atoms with Gasteiger partial charge in [0, 0.05) is 10.8 Å². The molecule has 0 radical (unpaired) electrons. The number of aryl methyl sites for hydroxylation is 1. The number of unbranched alkanes of at least 4 members (excludes halogenated alkanes) is 2. The molecule has 1 nitrogen and oxygen atoms in total. The van der Waals surface area contributed by atoms with E-state index in [1.165, 1.54) is 74.6 Å². The minimum atomic E-state index is 1.16. The van der Waals surface area contributed by atoms with Gasteiger partial charge >= 0.3 is 0 Å². The van der Waals surface area contributed by atoms with Crippen LogP contribution in [-0.2, 0) is 6.42 Å². The highest BCUT2D eigenvalue weighted by molar-refractivity contribution is 5.98. The van der Waals surface area contributed by atoms with Gasteiger partial charge in [0.1, 0.15) is 0 Å². The van der Waals surface area contributed by atoms with Crippen LogP contribution < -0.4 is 0 Å². The van der Waals surface area contributed by atoms with Gasteiger partial charge in [-0.25, -0.2) is 0 Å². The number of rotatable bonds is 7. The molecular formula is C35H31N. The van der Waals surface area contributed by atoms with E-state index < -0.39 is 0 Å². The summed E-state index contributed by atoms with van der Waals surface area (Å²) in [5.74, 6) is 0. The maximum absolute atomic E-state index is 2.44. The quantitative estimate of drug-likeness (QED) is 0.206. The van der Waals surface area contributed by atoms with Crippen LogP contribution in [0.2, 0.25) is 0 Å². The summed E-state index contributed by atoms with van der Waals surface area (Å²) >= 11 is 0. The number of hydrogen-bond acceptors (Lipinski definition) is 0. The highest BCUT2D eigenvalue weighted by atomic mass is 15.1. The lowest BCUT2D eigenvalue weighted by atomic mass is 9.97. The second-order valence-electron chi connectivity index (χ2n) is 9.66. The zero-order valence-corrected chi connectivity index (χ0v) is 20.8. The monoisotopic (exact) mass is 466 g/mol. The Bertz CT molecular complexity index is 1620. The van der Waals surface area contributed by atoms with Crippen molar-refractivity contribution in [3.05, 3.63) is 127 Å². The van der Waals surface area contributed by atoms with Crippen molar-refractivity contribution in [2.45, 2.75) is 32.6 Å². The van der Waals surface area contributed by atoms with Gasteiger partial charge < -0.3 is 4.57 Å². The standard InChI is InChI=1S/C35H31N/c1-2-3-5-12-26-19-21-27(22-20-26)31-23-29-15-8-10-17-32(29)35(25-31)36-33-18-11-9-16-30(33)24-34(36)28-13-6-4-7-14-28/h4,6-11,13-25H,2-3,5,12H2,1H3/i34+1. The lowest BCUT2D eigenvalue weighted by molar-refractivity contribution is 0.717. The summed E-state index contributed by atoms with van der Waals surface area (Å²) < 4.78 is 2.44. The van der Waals surface area contributed by atoms with Gasteiger partial charge in [-0.15, -0.1) is 0 Å². The van der Waals surface area contributed by atoms with Gasteiger partial charge in [-0.3, -0.25) is 0 Å². The van der Waals surface area contributed by atoms with Crippen LogP contribution in [0.3, 0.4) is 0 Å². The van der Waals surface area contributed by atoms with Crippen LogP contribution in [0.4, 0.5) is 0 Å². The summed E-state index contributed by atoms with van der Waals surface area (Å²) in [6.45, 7) is 2.26. The highest BCUT2D eigenvalue weighted by Crippen LogP contribution is 2.37. The molecule has 0 aliphatic rings. The van der Waals surface area contributed by atoms with Crippen molar-refractivity contribution in [1.29, 1.82) is 0 Å². The fourth-order valence-corrected chi connectivity index (χ4v) is 5.32. The molecule has 0 unspecified atom stereocenters. The van der Waals surface area contributed by atoms with Crippen molar-refractivity contribution in [3.63, 3.8) is 0 Å². The maximum Gasteiger partial charge on any atom is 0.0546 e. The molecule has 1 heteroatoms. The van der Waals surface area contributed by atoms with Gasteiger partial charge in [-0.05, 0) is 64.7 Å². The molecule has 176 valence electrons. The fraction of sp³-hybridized carbons (Fsp3) is 0.143. The second-order valence-corrected chi connectivity index (χ2v) is 9.66. The molecular weight excluding hydrogens is 435 g/mol. The van der Waals surface area contributed by atoms with Crippen molar-refractivity contribution in [2.75, 3.05) is 0 Å². The van der Waals surface area contributed by atoms with Crippen molar-refractivity contribution in [1.82, 2.24) is 4.57 Å². The molecule has 0 spiro atoms. The summed E-state index contributed by atoms with van der Waals surface area (Å²) in [5, 5.41) is 3.77. The van der Waals surface area contributed by atoms with E-state index in [1.54, 1.807) is 0 Å². The summed E-state index contributed by atoms with van der Waals surface area (Å²) in [6.07, 6.45) is 4.98. The zero-order chi connectivity index (χ0) is 24.3. The molecule has 1 aromatic heterocycles. The van der Waals surface area contributed by atoms with Gasteiger partial charge in [0.15, 0.2) is 0 Å². The van der Waals surface area contributed by atoms with E-state index >= 15 is 0 Å². The van der Waals surface area contributed by atoms with Gasteiger partial charge in [-0.2, -0.15) is 0 Å². The Labute approximate surface area is 213 Å². The van der Waals surface area contributed by atoms with Crippen molar-refractivity contribution in [2.24, 2.45) is 0 Å². The van der Waals surface area contributed by atoms with Crippen LogP contribution in [0.5, 0.6) is 0 Å². The van der Waals surface area contributed by atoms with Crippen LogP contribution in [0, 0.1) is 0 Å². The Morgan fingerprint density at radius 2 is 1.28 bits per heavy atom. The number of nitrogens with zero attached hydrogens (tertiary/aromatic N) is 1. The van der Waals surface area contributed by atoms with E-state index in [1.807, 2.05) is 0 Å². The van der Waals surface area contributed by atoms with Crippen molar-refractivity contribution >= 4 is 21.7 Å². The van der Waals surface area contributed by atoms with Crippen LogP contribution in [0.25, 0.3) is 49.7 Å². The van der Waals surface area contributed by atoms with Crippen molar-refractivity contribution in [3.8, 4) is 28.1 Å². The summed E-state index contributed by atoms with van der Waals surface area (Å²) in [5.41, 5.74) is 8.82. The molecule has 0 fully saturated rings. The molecule has 6 rings (SSSR count). The number of benzene rings is 5. The van der Waals surface area contributed by atoms with Gasteiger partial charge in [0.2, 0.25) is 0 Å². The number of hydrogen-bond donors (Lipinski definition) is 0. The predicted molar refractivity (Wildman–Crippen MR) is 155 cm³/mol. The Morgan fingerprint density at radius 1 is 0.556 bits per heavy atom. The lowest BCUT2D eigenvalue weighted by Crippen LogP contribution is -1.99. The molecule has 1 heterocycles. The van der Waals surface area contributed by atoms with E-state index in [9.17, 15) is 0 Å². The Balaban J connectivity index is 1.55. The summed E-state index contributed by atoms with van der Waals surface area (Å²) in [7, 11) is 0. The van der Waals surface area contributed by atoms with E-state index in [0.717, 1.165) is 6.42 Å². The molecule has 5 aromatic carbocycles. The van der Waals surface area contributed by atoms with Crippen LogP contribution >= 0.6 is 0 Å². The Kier molecular flexibility index (Phi) is 6.13. The third kappa shape index (κ3) is 4.22. The molecule has 0 amide bonds. The molecule has 0 aliphatic heterocycles. The second kappa shape index (κ2) is 9.87. The molecule has 0 aliphatic carbocycles. The molecule has 0 saturated heterocycles. The summed E-state index contributed by atoms with van der Waals surface area (Å²) in [6, 6.07) is 44.4. The third-order valence-electron chi connectivity index (χ3n) is 7.22. The molecule has 0 atom stereocenters. The molecule has 0 N–H and O–H groups in total.